The van der Waals surface area contributed by atoms with Gasteiger partial charge < -0.3 is 13.5 Å². The minimum Gasteiger partial charge on any atom is -0.508 e. The molecular weight excluding hydrogens is 300 g/mol. The molecule has 1 aromatic rings. The third-order valence-corrected chi connectivity index (χ3v) is 18.3. The first-order valence-corrected chi connectivity index (χ1v) is 15.6. The van der Waals surface area contributed by atoms with Gasteiger partial charge in [0.2, 0.25) is 0 Å². The summed E-state index contributed by atoms with van der Waals surface area (Å²) in [7, 11) is 3.63. The van der Waals surface area contributed by atoms with Crippen LogP contribution >= 0.6 is 8.58 Å². The van der Waals surface area contributed by atoms with Crippen LogP contribution in [0.2, 0.25) is 39.3 Å². The van der Waals surface area contributed by atoms with E-state index in [9.17, 15) is 0 Å². The Morgan fingerprint density at radius 3 is 1.86 bits per heavy atom. The van der Waals surface area contributed by atoms with Gasteiger partial charge >= 0.3 is 18.9 Å². The van der Waals surface area contributed by atoms with Crippen LogP contribution in [0.1, 0.15) is 5.56 Å². The van der Waals surface area contributed by atoms with E-state index in [1.54, 1.807) is 13.9 Å². The second-order valence-corrected chi connectivity index (χ2v) is 21.6. The van der Waals surface area contributed by atoms with Crippen molar-refractivity contribution in [2.24, 2.45) is 0 Å². The molecule has 0 aliphatic heterocycles. The molecule has 0 N–H and O–H groups in total. The zero-order valence-corrected chi connectivity index (χ0v) is 18.4. The summed E-state index contributed by atoms with van der Waals surface area (Å²) in [6.45, 7) is 16.3. The molecule has 0 bridgehead atoms. The molecule has 0 radical (unpaired) electrons. The number of benzene rings is 1. The Labute approximate surface area is 148 Å². The van der Waals surface area contributed by atoms with Gasteiger partial charge in [-0.2, -0.15) is 4.91 Å². The molecule has 0 saturated carbocycles. The van der Waals surface area contributed by atoms with E-state index in [0.29, 0.717) is 0 Å². The van der Waals surface area contributed by atoms with Crippen molar-refractivity contribution >= 4 is 30.0 Å². The SMILES string of the molecule is CN(C)Cc1ccccc1[P-]C([Si](C)(C)C)[Si](C)(C)C.[Li+]. The minimum atomic E-state index is -1.13. The zero-order valence-electron chi connectivity index (χ0n) is 15.5. The van der Waals surface area contributed by atoms with Crippen LogP contribution in [0.5, 0.6) is 0 Å². The molecule has 0 saturated heterocycles. The number of rotatable bonds is 6. The molecule has 114 valence electrons. The van der Waals surface area contributed by atoms with Crippen LogP contribution in [0.3, 0.4) is 0 Å². The largest absolute Gasteiger partial charge is 1.00 e. The molecule has 0 unspecified atom stereocenters. The molecule has 21 heavy (non-hydrogen) atoms. The van der Waals surface area contributed by atoms with Crippen molar-refractivity contribution in [3.05, 3.63) is 29.8 Å². The summed E-state index contributed by atoms with van der Waals surface area (Å²) in [6.07, 6.45) is 0. The number of hydrogen-bond acceptors (Lipinski definition) is 1. The Kier molecular flexibility index (Phi) is 8.74. The van der Waals surface area contributed by atoms with Crippen LogP contribution in [0.15, 0.2) is 24.3 Å². The van der Waals surface area contributed by atoms with Gasteiger partial charge in [0.15, 0.2) is 0 Å². The summed E-state index contributed by atoms with van der Waals surface area (Å²) in [5.74, 6) is 0. The maximum atomic E-state index is 2.54. The average molecular weight is 332 g/mol. The molecule has 1 aromatic carbocycles. The van der Waals surface area contributed by atoms with Crippen LogP contribution < -0.4 is 24.2 Å². The molecule has 1 nitrogen and oxygen atoms in total. The molecule has 0 atom stereocenters. The molecule has 0 fully saturated rings. The summed E-state index contributed by atoms with van der Waals surface area (Å²) < 4.78 is 0. The van der Waals surface area contributed by atoms with Gasteiger partial charge in [0.05, 0.1) is 0 Å². The van der Waals surface area contributed by atoms with Gasteiger partial charge in [-0.3, -0.25) is 0 Å². The van der Waals surface area contributed by atoms with Gasteiger partial charge in [-0.05, 0) is 14.1 Å². The Morgan fingerprint density at radius 1 is 0.952 bits per heavy atom. The van der Waals surface area contributed by atoms with E-state index >= 15 is 0 Å². The standard InChI is InChI=1S/C16H31NPSi2.Li/c1-17(2)13-14-11-9-10-12-15(14)18-16(19(3,4)5)20(6,7)8;/h9-12,16H,13H2,1-8H3;/q-1;+1. The Hall–Kier alpha value is 0.641. The van der Waals surface area contributed by atoms with Crippen molar-refractivity contribution < 1.29 is 18.9 Å². The maximum Gasteiger partial charge on any atom is 1.00 e. The molecule has 0 spiro atoms. The predicted octanol–water partition coefficient (Wildman–Crippen LogP) is 1.45. The van der Waals surface area contributed by atoms with Crippen LogP contribution in [-0.2, 0) is 6.54 Å². The van der Waals surface area contributed by atoms with E-state index in [4.69, 9.17) is 0 Å². The third-order valence-electron chi connectivity index (χ3n) is 3.39. The molecule has 0 amide bonds. The van der Waals surface area contributed by atoms with Gasteiger partial charge in [0.1, 0.15) is 0 Å². The van der Waals surface area contributed by atoms with Gasteiger partial charge in [-0.15, -0.1) is 0 Å². The van der Waals surface area contributed by atoms with E-state index in [2.05, 4.69) is 82.5 Å². The van der Waals surface area contributed by atoms with Gasteiger partial charge in [0, 0.05) is 22.7 Å². The van der Waals surface area contributed by atoms with Crippen molar-refractivity contribution in [2.75, 3.05) is 14.1 Å². The van der Waals surface area contributed by atoms with E-state index in [1.165, 1.54) is 5.56 Å². The average Bonchev–Trinajstić information content (AvgIpc) is 2.23. The second kappa shape index (κ2) is 8.48. The second-order valence-electron chi connectivity index (χ2n) is 8.13. The fraction of sp³-hybridized carbons (Fsp3) is 0.625. The Balaban J connectivity index is 0.00000400. The van der Waals surface area contributed by atoms with Crippen LogP contribution in [0.25, 0.3) is 0 Å². The maximum absolute atomic E-state index is 2.54. The molecule has 5 heteroatoms. The zero-order chi connectivity index (χ0) is 15.6. The first-order valence-electron chi connectivity index (χ1n) is 7.45. The van der Waals surface area contributed by atoms with Gasteiger partial charge in [-0.1, -0.05) is 69.1 Å². The fourth-order valence-corrected chi connectivity index (χ4v) is 18.0. The topological polar surface area (TPSA) is 3.24 Å². The molecule has 0 aliphatic carbocycles. The van der Waals surface area contributed by atoms with Crippen LogP contribution in [-0.4, -0.2) is 40.0 Å². The first-order chi connectivity index (χ1) is 9.01. The van der Waals surface area contributed by atoms with Gasteiger partial charge in [-0.25, -0.2) is 5.30 Å². The molecule has 0 aromatic heterocycles. The normalized spacial score (nSPS) is 13.2. The summed E-state index contributed by atoms with van der Waals surface area (Å²) >= 11 is 0. The van der Waals surface area contributed by atoms with Crippen molar-refractivity contribution in [1.82, 2.24) is 4.90 Å². The van der Waals surface area contributed by atoms with Gasteiger partial charge in [0.25, 0.3) is 0 Å². The molecule has 1 rings (SSSR count). The quantitative estimate of drug-likeness (QED) is 0.563. The van der Waals surface area contributed by atoms with E-state index < -0.39 is 16.1 Å². The Morgan fingerprint density at radius 2 is 1.43 bits per heavy atom. The number of hydrogen-bond donors (Lipinski definition) is 0. The van der Waals surface area contributed by atoms with Crippen molar-refractivity contribution in [3.63, 3.8) is 0 Å². The van der Waals surface area contributed by atoms with Crippen LogP contribution in [0.4, 0.5) is 0 Å². The van der Waals surface area contributed by atoms with E-state index in [0.717, 1.165) is 11.5 Å². The van der Waals surface area contributed by atoms with Crippen molar-refractivity contribution in [1.29, 1.82) is 0 Å². The monoisotopic (exact) mass is 331 g/mol. The smallest absolute Gasteiger partial charge is 0.508 e. The Bertz CT molecular complexity index is 425. The number of nitrogens with zero attached hydrogens (tertiary/aromatic N) is 1. The van der Waals surface area contributed by atoms with Crippen LogP contribution in [0, 0.1) is 0 Å². The van der Waals surface area contributed by atoms with E-state index in [1.807, 2.05) is 0 Å². The summed E-state index contributed by atoms with van der Waals surface area (Å²) in [5, 5.41) is 1.55. The molecular formula is C16H31LiNPSi2. The fourth-order valence-electron chi connectivity index (χ4n) is 2.94. The molecule has 0 aliphatic rings. The predicted molar refractivity (Wildman–Crippen MR) is 101 cm³/mol. The van der Waals surface area contributed by atoms with Crippen molar-refractivity contribution in [2.45, 2.75) is 50.7 Å². The molecule has 0 heterocycles. The summed E-state index contributed by atoms with van der Waals surface area (Å²) in [4.78, 5) is 3.19. The first kappa shape index (κ1) is 21.6. The van der Waals surface area contributed by atoms with E-state index in [-0.39, 0.29) is 18.9 Å². The summed E-state index contributed by atoms with van der Waals surface area (Å²) in [6, 6.07) is 9.02. The summed E-state index contributed by atoms with van der Waals surface area (Å²) in [5.41, 5.74) is 1.50. The minimum absolute atomic E-state index is 0. The van der Waals surface area contributed by atoms with Crippen molar-refractivity contribution in [3.8, 4) is 0 Å². The third kappa shape index (κ3) is 7.16.